The van der Waals surface area contributed by atoms with Crippen LogP contribution < -0.4 is 5.32 Å². The Morgan fingerprint density at radius 2 is 1.97 bits per heavy atom. The van der Waals surface area contributed by atoms with Gasteiger partial charge in [-0.3, -0.25) is 4.79 Å². The number of sulfonamides is 1. The van der Waals surface area contributed by atoms with Crippen LogP contribution >= 0.6 is 23.3 Å². The van der Waals surface area contributed by atoms with Gasteiger partial charge in [0.1, 0.15) is 11.0 Å². The summed E-state index contributed by atoms with van der Waals surface area (Å²) in [7, 11) is -3.83. The molecule has 0 saturated carbocycles. The van der Waals surface area contributed by atoms with E-state index < -0.39 is 28.5 Å². The van der Waals surface area contributed by atoms with E-state index in [1.54, 1.807) is 18.2 Å². The van der Waals surface area contributed by atoms with Crippen molar-refractivity contribution >= 4 is 61.9 Å². The molecule has 1 saturated heterocycles. The average Bonchev–Trinajstić information content (AvgIpc) is 3.28. The predicted molar refractivity (Wildman–Crippen MR) is 117 cm³/mol. The highest BCUT2D eigenvalue weighted by Crippen LogP contribution is 2.25. The Bertz CT molecular complexity index is 1270. The molecule has 10 nitrogen and oxygen atoms in total. The lowest BCUT2D eigenvalue weighted by Crippen LogP contribution is -2.40. The highest BCUT2D eigenvalue weighted by atomic mass is 35.5. The van der Waals surface area contributed by atoms with Gasteiger partial charge in [-0.05, 0) is 30.3 Å². The maximum absolute atomic E-state index is 12.8. The molecule has 2 aromatic carbocycles. The Balaban J connectivity index is 1.44. The Morgan fingerprint density at radius 3 is 2.75 bits per heavy atom. The highest BCUT2D eigenvalue weighted by molar-refractivity contribution is 7.89. The number of anilines is 1. The van der Waals surface area contributed by atoms with Gasteiger partial charge in [-0.1, -0.05) is 17.7 Å². The van der Waals surface area contributed by atoms with Gasteiger partial charge in [0.2, 0.25) is 10.0 Å². The third-order valence-corrected chi connectivity index (χ3v) is 7.43. The zero-order chi connectivity index (χ0) is 22.7. The molecule has 0 radical (unpaired) electrons. The SMILES string of the molecule is O=C(COC(=O)c1cc(S(=O)(=O)N2CCOCC2)ccc1Cl)Nc1cccc2nsnc12. The molecule has 3 aromatic rings. The van der Waals surface area contributed by atoms with E-state index in [2.05, 4.69) is 14.1 Å². The largest absolute Gasteiger partial charge is 0.452 e. The molecular formula is C19H17ClN4O6S2. The molecule has 2 heterocycles. The quantitative estimate of drug-likeness (QED) is 0.514. The van der Waals surface area contributed by atoms with Crippen molar-refractivity contribution in [2.75, 3.05) is 38.2 Å². The summed E-state index contributed by atoms with van der Waals surface area (Å²) in [6.45, 7) is 0.422. The van der Waals surface area contributed by atoms with Gasteiger partial charge in [0, 0.05) is 13.1 Å². The number of nitrogens with one attached hydrogen (secondary N) is 1. The zero-order valence-corrected chi connectivity index (χ0v) is 18.9. The van der Waals surface area contributed by atoms with E-state index in [4.69, 9.17) is 21.1 Å². The minimum absolute atomic E-state index is 0.00894. The molecule has 4 rings (SSSR count). The Labute approximate surface area is 192 Å². The van der Waals surface area contributed by atoms with Crippen molar-refractivity contribution in [3.63, 3.8) is 0 Å². The van der Waals surface area contributed by atoms with E-state index >= 15 is 0 Å². The summed E-state index contributed by atoms with van der Waals surface area (Å²) >= 11 is 7.09. The number of hydrogen-bond donors (Lipinski definition) is 1. The molecule has 0 unspecified atom stereocenters. The van der Waals surface area contributed by atoms with Gasteiger partial charge in [0.25, 0.3) is 5.91 Å². The van der Waals surface area contributed by atoms with E-state index in [0.717, 1.165) is 17.8 Å². The number of aromatic nitrogens is 2. The Morgan fingerprint density at radius 1 is 1.19 bits per heavy atom. The molecule has 1 N–H and O–H groups in total. The summed E-state index contributed by atoms with van der Waals surface area (Å²) in [5.74, 6) is -1.51. The van der Waals surface area contributed by atoms with Crippen molar-refractivity contribution in [1.29, 1.82) is 0 Å². The maximum Gasteiger partial charge on any atom is 0.340 e. The van der Waals surface area contributed by atoms with Crippen molar-refractivity contribution in [2.24, 2.45) is 0 Å². The molecule has 1 aliphatic heterocycles. The number of amides is 1. The van der Waals surface area contributed by atoms with Crippen LogP contribution in [-0.4, -0.2) is 66.3 Å². The zero-order valence-electron chi connectivity index (χ0n) is 16.5. The van der Waals surface area contributed by atoms with Crippen LogP contribution in [0, 0.1) is 0 Å². The maximum atomic E-state index is 12.8. The number of fused-ring (bicyclic) bond motifs is 1. The molecule has 0 aliphatic carbocycles. The van der Waals surface area contributed by atoms with Gasteiger partial charge in [-0.2, -0.15) is 13.1 Å². The summed E-state index contributed by atoms with van der Waals surface area (Å²) in [4.78, 5) is 24.7. The molecule has 1 amide bonds. The van der Waals surface area contributed by atoms with E-state index in [-0.39, 0.29) is 28.6 Å². The van der Waals surface area contributed by atoms with Crippen LogP contribution in [0.15, 0.2) is 41.3 Å². The van der Waals surface area contributed by atoms with Crippen molar-refractivity contribution in [1.82, 2.24) is 13.1 Å². The van der Waals surface area contributed by atoms with Crippen LogP contribution in [0.25, 0.3) is 11.0 Å². The molecule has 168 valence electrons. The number of benzene rings is 2. The molecule has 1 aromatic heterocycles. The van der Waals surface area contributed by atoms with Crippen molar-refractivity contribution in [3.8, 4) is 0 Å². The molecule has 1 aliphatic rings. The van der Waals surface area contributed by atoms with Crippen molar-refractivity contribution in [3.05, 3.63) is 47.0 Å². The number of ether oxygens (including phenoxy) is 2. The van der Waals surface area contributed by atoms with E-state index in [1.807, 2.05) is 0 Å². The minimum atomic E-state index is -3.83. The number of carbonyl (C=O) groups is 2. The van der Waals surface area contributed by atoms with Gasteiger partial charge in [0.15, 0.2) is 6.61 Å². The first-order valence-corrected chi connectivity index (χ1v) is 12.0. The first kappa shape index (κ1) is 22.6. The number of rotatable bonds is 6. The minimum Gasteiger partial charge on any atom is -0.452 e. The highest BCUT2D eigenvalue weighted by Gasteiger charge is 2.28. The fraction of sp³-hybridized carbons (Fsp3) is 0.263. The first-order chi connectivity index (χ1) is 15.4. The van der Waals surface area contributed by atoms with Crippen LogP contribution in [0.4, 0.5) is 5.69 Å². The smallest absolute Gasteiger partial charge is 0.340 e. The number of esters is 1. The third-order valence-electron chi connectivity index (χ3n) is 4.66. The summed E-state index contributed by atoms with van der Waals surface area (Å²) < 4.78 is 45.4. The van der Waals surface area contributed by atoms with Crippen LogP contribution in [0.2, 0.25) is 5.02 Å². The number of nitrogens with zero attached hydrogens (tertiary/aromatic N) is 3. The Hall–Kier alpha value is -2.64. The lowest BCUT2D eigenvalue weighted by atomic mass is 10.2. The summed E-state index contributed by atoms with van der Waals surface area (Å²) in [5.41, 5.74) is 1.45. The van der Waals surface area contributed by atoms with Gasteiger partial charge in [-0.15, -0.1) is 0 Å². The normalized spacial score (nSPS) is 14.9. The van der Waals surface area contributed by atoms with Crippen LogP contribution in [0.3, 0.4) is 0 Å². The van der Waals surface area contributed by atoms with Crippen LogP contribution in [-0.2, 0) is 24.3 Å². The lowest BCUT2D eigenvalue weighted by Gasteiger charge is -2.26. The fourth-order valence-electron chi connectivity index (χ4n) is 3.06. The summed E-state index contributed by atoms with van der Waals surface area (Å²) in [5, 5.41) is 2.62. The number of morpholine rings is 1. The van der Waals surface area contributed by atoms with E-state index in [9.17, 15) is 18.0 Å². The third kappa shape index (κ3) is 4.74. The second kappa shape index (κ2) is 9.46. The summed E-state index contributed by atoms with van der Waals surface area (Å²) in [6, 6.07) is 8.90. The molecule has 0 atom stereocenters. The van der Waals surface area contributed by atoms with Gasteiger partial charge in [0.05, 0.1) is 46.1 Å². The number of halogens is 1. The monoisotopic (exact) mass is 496 g/mol. The number of hydrogen-bond acceptors (Lipinski definition) is 9. The number of carbonyl (C=O) groups excluding carboxylic acids is 2. The molecule has 32 heavy (non-hydrogen) atoms. The average molecular weight is 497 g/mol. The van der Waals surface area contributed by atoms with Gasteiger partial charge >= 0.3 is 5.97 Å². The lowest BCUT2D eigenvalue weighted by molar-refractivity contribution is -0.119. The topological polar surface area (TPSA) is 128 Å². The second-order valence-corrected chi connectivity index (χ2v) is 9.59. The predicted octanol–water partition coefficient (Wildman–Crippen LogP) is 2.16. The fourth-order valence-corrected chi connectivity index (χ4v) is 5.24. The summed E-state index contributed by atoms with van der Waals surface area (Å²) in [6.07, 6.45) is 0. The van der Waals surface area contributed by atoms with E-state index in [0.29, 0.717) is 29.9 Å². The van der Waals surface area contributed by atoms with Crippen LogP contribution in [0.1, 0.15) is 10.4 Å². The molecule has 0 bridgehead atoms. The van der Waals surface area contributed by atoms with Gasteiger partial charge < -0.3 is 14.8 Å². The van der Waals surface area contributed by atoms with Crippen LogP contribution in [0.5, 0.6) is 0 Å². The van der Waals surface area contributed by atoms with Crippen molar-refractivity contribution in [2.45, 2.75) is 4.90 Å². The Kier molecular flexibility index (Phi) is 6.67. The molecular weight excluding hydrogens is 480 g/mol. The van der Waals surface area contributed by atoms with Gasteiger partial charge in [-0.25, -0.2) is 13.2 Å². The molecule has 0 spiro atoms. The second-order valence-electron chi connectivity index (χ2n) is 6.72. The van der Waals surface area contributed by atoms with E-state index in [1.165, 1.54) is 16.4 Å². The first-order valence-electron chi connectivity index (χ1n) is 9.42. The molecule has 1 fully saturated rings. The van der Waals surface area contributed by atoms with Crippen molar-refractivity contribution < 1.29 is 27.5 Å². The molecule has 13 heteroatoms. The standard InChI is InChI=1S/C19H17ClN4O6S2/c20-14-5-4-12(32(27,28)24-6-8-29-9-7-24)10-13(14)19(26)30-11-17(25)21-15-2-1-3-16-18(15)23-31-22-16/h1-5,10H,6-9,11H2,(H,21,25).